The van der Waals surface area contributed by atoms with Crippen molar-refractivity contribution in [1.29, 1.82) is 0 Å². The van der Waals surface area contributed by atoms with E-state index in [0.717, 1.165) is 32.7 Å². The molecule has 1 amide bonds. The van der Waals surface area contributed by atoms with Crippen molar-refractivity contribution >= 4 is 40.9 Å². The summed E-state index contributed by atoms with van der Waals surface area (Å²) in [5.74, 6) is -0.0587. The summed E-state index contributed by atoms with van der Waals surface area (Å²) >= 11 is 12.0. The Morgan fingerprint density at radius 2 is 1.70 bits per heavy atom. The first-order valence-corrected chi connectivity index (χ1v) is 9.77. The van der Waals surface area contributed by atoms with E-state index in [-0.39, 0.29) is 5.91 Å². The van der Waals surface area contributed by atoms with Crippen molar-refractivity contribution in [3.8, 4) is 0 Å². The van der Waals surface area contributed by atoms with Gasteiger partial charge in [-0.2, -0.15) is 0 Å². The lowest BCUT2D eigenvalue weighted by molar-refractivity contribution is -0.117. The van der Waals surface area contributed by atoms with E-state index in [1.165, 1.54) is 5.56 Å². The van der Waals surface area contributed by atoms with Crippen LogP contribution < -0.4 is 5.32 Å². The predicted octanol–water partition coefficient (Wildman–Crippen LogP) is 4.26. The van der Waals surface area contributed by atoms with Crippen LogP contribution in [0.2, 0.25) is 10.0 Å². The molecule has 1 N–H and O–H groups in total. The summed E-state index contributed by atoms with van der Waals surface area (Å²) in [5, 5.41) is 3.85. The average Bonchev–Trinajstić information content (AvgIpc) is 2.66. The number of piperazine rings is 1. The number of hydrogen-bond donors (Lipinski definition) is 1. The van der Waals surface area contributed by atoms with Crippen molar-refractivity contribution in [1.82, 2.24) is 9.80 Å². The van der Waals surface area contributed by atoms with E-state index in [9.17, 15) is 4.79 Å². The molecule has 0 spiro atoms. The highest BCUT2D eigenvalue weighted by atomic mass is 35.5. The molecule has 2 aromatic rings. The lowest BCUT2D eigenvalue weighted by atomic mass is 10.2. The topological polar surface area (TPSA) is 35.6 Å². The Morgan fingerprint density at radius 1 is 1.00 bits per heavy atom. The maximum absolute atomic E-state index is 12.3. The summed E-state index contributed by atoms with van der Waals surface area (Å²) in [6, 6.07) is 15.4. The van der Waals surface area contributed by atoms with E-state index < -0.39 is 0 Å². The largest absolute Gasteiger partial charge is 0.324 e. The van der Waals surface area contributed by atoms with E-state index in [0.29, 0.717) is 22.3 Å². The summed E-state index contributed by atoms with van der Waals surface area (Å²) < 4.78 is 0. The normalized spacial score (nSPS) is 15.9. The van der Waals surface area contributed by atoms with E-state index in [1.54, 1.807) is 18.2 Å². The molecule has 2 aromatic carbocycles. The highest BCUT2D eigenvalue weighted by molar-refractivity contribution is 6.36. The van der Waals surface area contributed by atoms with Gasteiger partial charge in [-0.05, 0) is 23.8 Å². The van der Waals surface area contributed by atoms with Crippen LogP contribution in [0.1, 0.15) is 5.56 Å². The zero-order chi connectivity index (χ0) is 19.1. The molecule has 4 nitrogen and oxygen atoms in total. The van der Waals surface area contributed by atoms with Gasteiger partial charge in [-0.3, -0.25) is 14.6 Å². The SMILES string of the molecule is O=C(CN1CCN(C/C=C/c2ccccc2)CC1)Nc1ccc(Cl)cc1Cl. The van der Waals surface area contributed by atoms with Crippen molar-refractivity contribution < 1.29 is 4.79 Å². The number of rotatable bonds is 6. The van der Waals surface area contributed by atoms with Crippen LogP contribution in [-0.4, -0.2) is 55.0 Å². The first-order chi connectivity index (χ1) is 13.1. The molecular formula is C21H23Cl2N3O. The molecule has 1 heterocycles. The second-order valence-corrected chi connectivity index (χ2v) is 7.41. The molecule has 142 valence electrons. The molecule has 0 atom stereocenters. The molecule has 1 aliphatic rings. The van der Waals surface area contributed by atoms with Gasteiger partial charge in [-0.15, -0.1) is 0 Å². The van der Waals surface area contributed by atoms with Gasteiger partial charge >= 0.3 is 0 Å². The standard InChI is InChI=1S/C21H23Cl2N3O/c22-18-8-9-20(19(23)15-18)24-21(27)16-26-13-11-25(12-14-26)10-4-7-17-5-2-1-3-6-17/h1-9,15H,10-14,16H2,(H,24,27)/b7-4+. The molecule has 0 radical (unpaired) electrons. The van der Waals surface area contributed by atoms with Crippen molar-refractivity contribution in [3.63, 3.8) is 0 Å². The summed E-state index contributed by atoms with van der Waals surface area (Å²) in [7, 11) is 0. The van der Waals surface area contributed by atoms with Crippen LogP contribution in [0.4, 0.5) is 5.69 Å². The van der Waals surface area contributed by atoms with E-state index in [1.807, 2.05) is 18.2 Å². The minimum absolute atomic E-state index is 0.0587. The third-order valence-corrected chi connectivity index (χ3v) is 5.06. The van der Waals surface area contributed by atoms with Gasteiger partial charge in [0.2, 0.25) is 5.91 Å². The van der Waals surface area contributed by atoms with Crippen molar-refractivity contribution in [3.05, 3.63) is 70.2 Å². The fourth-order valence-electron chi connectivity index (χ4n) is 3.02. The molecule has 1 saturated heterocycles. The number of benzene rings is 2. The third kappa shape index (κ3) is 6.36. The molecular weight excluding hydrogens is 381 g/mol. The number of carbonyl (C=O) groups is 1. The Morgan fingerprint density at radius 3 is 2.41 bits per heavy atom. The van der Waals surface area contributed by atoms with Gasteiger partial charge in [0.05, 0.1) is 17.3 Å². The summed E-state index contributed by atoms with van der Waals surface area (Å²) in [4.78, 5) is 16.8. The molecule has 0 saturated carbocycles. The van der Waals surface area contributed by atoms with Crippen molar-refractivity contribution in [2.45, 2.75) is 0 Å². The van der Waals surface area contributed by atoms with E-state index in [2.05, 4.69) is 39.4 Å². The van der Waals surface area contributed by atoms with Gasteiger partial charge in [-0.25, -0.2) is 0 Å². The van der Waals surface area contributed by atoms with Crippen LogP contribution in [0.3, 0.4) is 0 Å². The maximum atomic E-state index is 12.3. The number of hydrogen-bond acceptors (Lipinski definition) is 3. The Bertz CT molecular complexity index is 787. The monoisotopic (exact) mass is 403 g/mol. The smallest absolute Gasteiger partial charge is 0.238 e. The predicted molar refractivity (Wildman–Crippen MR) is 113 cm³/mol. The second-order valence-electron chi connectivity index (χ2n) is 6.56. The summed E-state index contributed by atoms with van der Waals surface area (Å²) in [6.07, 6.45) is 4.34. The van der Waals surface area contributed by atoms with Crippen LogP contribution >= 0.6 is 23.2 Å². The summed E-state index contributed by atoms with van der Waals surface area (Å²) in [6.45, 7) is 4.95. The Labute approximate surface area is 170 Å². The molecule has 1 fully saturated rings. The van der Waals surface area contributed by atoms with Gasteiger partial charge in [0.1, 0.15) is 0 Å². The van der Waals surface area contributed by atoms with Gasteiger partial charge in [0.25, 0.3) is 0 Å². The fraction of sp³-hybridized carbons (Fsp3) is 0.286. The molecule has 0 bridgehead atoms. The minimum Gasteiger partial charge on any atom is -0.324 e. The minimum atomic E-state index is -0.0587. The van der Waals surface area contributed by atoms with Crippen LogP contribution in [0.25, 0.3) is 6.08 Å². The Hall–Kier alpha value is -1.85. The fourth-order valence-corrected chi connectivity index (χ4v) is 3.47. The van der Waals surface area contributed by atoms with Crippen LogP contribution in [0, 0.1) is 0 Å². The van der Waals surface area contributed by atoms with Crippen molar-refractivity contribution in [2.75, 3.05) is 44.6 Å². The van der Waals surface area contributed by atoms with Gasteiger partial charge in [0, 0.05) is 37.7 Å². The average molecular weight is 404 g/mol. The number of amides is 1. The molecule has 3 rings (SSSR count). The Kier molecular flexibility index (Phi) is 7.30. The second kappa shape index (κ2) is 9.90. The first kappa shape index (κ1) is 19.9. The quantitative estimate of drug-likeness (QED) is 0.782. The number of nitrogens with one attached hydrogen (secondary N) is 1. The summed E-state index contributed by atoms with van der Waals surface area (Å²) in [5.41, 5.74) is 1.81. The molecule has 0 aromatic heterocycles. The zero-order valence-corrected chi connectivity index (χ0v) is 16.6. The third-order valence-electron chi connectivity index (χ3n) is 4.51. The highest BCUT2D eigenvalue weighted by Gasteiger charge is 2.18. The van der Waals surface area contributed by atoms with Gasteiger partial charge in [-0.1, -0.05) is 65.7 Å². The maximum Gasteiger partial charge on any atom is 0.238 e. The lowest BCUT2D eigenvalue weighted by Crippen LogP contribution is -2.48. The van der Waals surface area contributed by atoms with Crippen LogP contribution in [0.5, 0.6) is 0 Å². The molecule has 0 aliphatic carbocycles. The molecule has 27 heavy (non-hydrogen) atoms. The number of carbonyl (C=O) groups excluding carboxylic acids is 1. The highest BCUT2D eigenvalue weighted by Crippen LogP contribution is 2.25. The van der Waals surface area contributed by atoms with Crippen LogP contribution in [0.15, 0.2) is 54.6 Å². The van der Waals surface area contributed by atoms with Gasteiger partial charge < -0.3 is 5.32 Å². The number of nitrogens with zero attached hydrogens (tertiary/aromatic N) is 2. The molecule has 0 unspecified atom stereocenters. The number of halogens is 2. The molecule has 6 heteroatoms. The van der Waals surface area contributed by atoms with E-state index in [4.69, 9.17) is 23.2 Å². The lowest BCUT2D eigenvalue weighted by Gasteiger charge is -2.33. The zero-order valence-electron chi connectivity index (χ0n) is 15.1. The van der Waals surface area contributed by atoms with Crippen molar-refractivity contribution in [2.24, 2.45) is 0 Å². The van der Waals surface area contributed by atoms with E-state index >= 15 is 0 Å². The first-order valence-electron chi connectivity index (χ1n) is 9.01. The van der Waals surface area contributed by atoms with Gasteiger partial charge in [0.15, 0.2) is 0 Å². The van der Waals surface area contributed by atoms with Crippen LogP contribution in [-0.2, 0) is 4.79 Å². The molecule has 1 aliphatic heterocycles. The Balaban J connectivity index is 1.40. The number of anilines is 1.